The zero-order valence-corrected chi connectivity index (χ0v) is 7.73. The maximum atomic E-state index is 11.0. The number of hydrogen-bond donors (Lipinski definition) is 1. The molecular weight excluding hydrogens is 176 g/mol. The summed E-state index contributed by atoms with van der Waals surface area (Å²) in [7, 11) is 3.80. The van der Waals surface area contributed by atoms with Crippen LogP contribution < -0.4 is 5.84 Å². The summed E-state index contributed by atoms with van der Waals surface area (Å²) in [4.78, 5) is 21.7. The van der Waals surface area contributed by atoms with E-state index in [1.165, 1.54) is 21.3 Å². The molecule has 0 heterocycles. The third kappa shape index (κ3) is 3.57. The van der Waals surface area contributed by atoms with E-state index in [-0.39, 0.29) is 5.70 Å². The normalized spacial score (nSPS) is 10.6. The summed E-state index contributed by atoms with van der Waals surface area (Å²) < 4.78 is 8.70. The predicted octanol–water partition coefficient (Wildman–Crippen LogP) is -0.978. The van der Waals surface area contributed by atoms with Crippen LogP contribution in [0.2, 0.25) is 0 Å². The van der Waals surface area contributed by atoms with Crippen molar-refractivity contribution in [3.63, 3.8) is 0 Å². The Balaban J connectivity index is 4.70. The van der Waals surface area contributed by atoms with E-state index >= 15 is 0 Å². The number of hydrazine groups is 1. The number of carbonyl (C=O) groups is 2. The number of methoxy groups -OCH3 is 2. The predicted molar refractivity (Wildman–Crippen MR) is 44.1 cm³/mol. The molecule has 0 aliphatic rings. The quantitative estimate of drug-likeness (QED) is 0.265. The largest absolute Gasteiger partial charge is 0.466 e. The minimum atomic E-state index is -0.699. The second kappa shape index (κ2) is 5.15. The van der Waals surface area contributed by atoms with Gasteiger partial charge in [-0.05, 0) is 0 Å². The lowest BCUT2D eigenvalue weighted by Crippen LogP contribution is -2.31. The third-order valence-corrected chi connectivity index (χ3v) is 1.23. The molecule has 0 bridgehead atoms. The third-order valence-electron chi connectivity index (χ3n) is 1.23. The Morgan fingerprint density at radius 2 is 1.85 bits per heavy atom. The van der Waals surface area contributed by atoms with Crippen molar-refractivity contribution < 1.29 is 19.1 Å². The van der Waals surface area contributed by atoms with Crippen molar-refractivity contribution in [2.45, 2.75) is 0 Å². The molecular formula is C7H12N2O4. The lowest BCUT2D eigenvalue weighted by atomic mass is 10.4. The number of hydrogen-bond acceptors (Lipinski definition) is 6. The van der Waals surface area contributed by atoms with Crippen LogP contribution in [0.1, 0.15) is 0 Å². The molecule has 13 heavy (non-hydrogen) atoms. The molecule has 0 aliphatic carbocycles. The number of rotatable bonds is 3. The number of ether oxygens (including phenoxy) is 2. The summed E-state index contributed by atoms with van der Waals surface area (Å²) >= 11 is 0. The smallest absolute Gasteiger partial charge is 0.355 e. The molecule has 0 rings (SSSR count). The highest BCUT2D eigenvalue weighted by molar-refractivity contribution is 5.95. The standard InChI is InChI=1S/C7H12N2O4/c1-9(8)5(7(11)13-3)4-6(10)12-2/h4H,8H2,1-3H3/b5-4+. The van der Waals surface area contributed by atoms with E-state index in [0.29, 0.717) is 0 Å². The maximum absolute atomic E-state index is 11.0. The Morgan fingerprint density at radius 3 is 2.15 bits per heavy atom. The van der Waals surface area contributed by atoms with Crippen LogP contribution >= 0.6 is 0 Å². The average Bonchev–Trinajstić information content (AvgIpc) is 2.11. The summed E-state index contributed by atoms with van der Waals surface area (Å²) in [5, 5.41) is 0.975. The fourth-order valence-electron chi connectivity index (χ4n) is 0.580. The number of esters is 2. The second-order valence-corrected chi connectivity index (χ2v) is 2.16. The molecule has 0 aromatic heterocycles. The molecule has 0 amide bonds. The fraction of sp³-hybridized carbons (Fsp3) is 0.429. The van der Waals surface area contributed by atoms with Gasteiger partial charge in [0.15, 0.2) is 0 Å². The van der Waals surface area contributed by atoms with Gasteiger partial charge < -0.3 is 14.5 Å². The van der Waals surface area contributed by atoms with Gasteiger partial charge in [-0.1, -0.05) is 0 Å². The van der Waals surface area contributed by atoms with Crippen LogP contribution in [-0.2, 0) is 19.1 Å². The van der Waals surface area contributed by atoms with Crippen molar-refractivity contribution in [3.8, 4) is 0 Å². The van der Waals surface area contributed by atoms with E-state index in [9.17, 15) is 9.59 Å². The maximum Gasteiger partial charge on any atom is 0.355 e. The Bertz CT molecular complexity index is 235. The lowest BCUT2D eigenvalue weighted by molar-refractivity contribution is -0.139. The van der Waals surface area contributed by atoms with Crippen molar-refractivity contribution in [2.24, 2.45) is 5.84 Å². The molecule has 0 spiro atoms. The van der Waals surface area contributed by atoms with Crippen molar-refractivity contribution in [1.82, 2.24) is 5.01 Å². The fourth-order valence-corrected chi connectivity index (χ4v) is 0.580. The zero-order chi connectivity index (χ0) is 10.4. The Kier molecular flexibility index (Phi) is 4.53. The summed E-state index contributed by atoms with van der Waals surface area (Å²) in [5.41, 5.74) is -0.0747. The minimum Gasteiger partial charge on any atom is -0.466 e. The second-order valence-electron chi connectivity index (χ2n) is 2.16. The van der Waals surface area contributed by atoms with E-state index in [0.717, 1.165) is 11.1 Å². The Hall–Kier alpha value is -1.56. The number of nitrogens with two attached hydrogens (primary N) is 1. The van der Waals surface area contributed by atoms with Crippen molar-refractivity contribution in [1.29, 1.82) is 0 Å². The van der Waals surface area contributed by atoms with Crippen LogP contribution in [0.5, 0.6) is 0 Å². The highest BCUT2D eigenvalue weighted by Crippen LogP contribution is 1.99. The summed E-state index contributed by atoms with van der Waals surface area (Å²) in [6.07, 6.45) is 0.950. The first-order chi connectivity index (χ1) is 6.02. The van der Waals surface area contributed by atoms with E-state index in [4.69, 9.17) is 5.84 Å². The number of nitrogens with zero attached hydrogens (tertiary/aromatic N) is 1. The van der Waals surface area contributed by atoms with Crippen LogP contribution in [-0.4, -0.2) is 38.2 Å². The van der Waals surface area contributed by atoms with Gasteiger partial charge in [-0.3, -0.25) is 0 Å². The number of likely N-dealkylation sites (N-methyl/N-ethyl adjacent to an activating group) is 1. The van der Waals surface area contributed by atoms with Crippen molar-refractivity contribution in [3.05, 3.63) is 11.8 Å². The molecule has 6 nitrogen and oxygen atoms in total. The molecule has 0 aliphatic heterocycles. The molecule has 0 fully saturated rings. The first kappa shape index (κ1) is 11.4. The molecule has 0 unspecified atom stereocenters. The molecule has 2 N–H and O–H groups in total. The molecule has 0 radical (unpaired) electrons. The van der Waals surface area contributed by atoms with Crippen LogP contribution in [0.15, 0.2) is 11.8 Å². The molecule has 0 saturated carbocycles. The van der Waals surface area contributed by atoms with Gasteiger partial charge in [0.05, 0.1) is 20.3 Å². The van der Waals surface area contributed by atoms with Gasteiger partial charge in [-0.15, -0.1) is 0 Å². The molecule has 6 heteroatoms. The SMILES string of the molecule is COC(=O)/C=C(\C(=O)OC)N(C)N. The minimum absolute atomic E-state index is 0.0747. The van der Waals surface area contributed by atoms with Crippen LogP contribution in [0, 0.1) is 0 Å². The molecule has 0 aromatic carbocycles. The van der Waals surface area contributed by atoms with Gasteiger partial charge >= 0.3 is 11.9 Å². The lowest BCUT2D eigenvalue weighted by Gasteiger charge is -2.13. The molecule has 0 saturated heterocycles. The zero-order valence-electron chi connectivity index (χ0n) is 7.73. The highest BCUT2D eigenvalue weighted by Gasteiger charge is 2.14. The topological polar surface area (TPSA) is 81.9 Å². The van der Waals surface area contributed by atoms with E-state index in [1.54, 1.807) is 0 Å². The van der Waals surface area contributed by atoms with E-state index < -0.39 is 11.9 Å². The van der Waals surface area contributed by atoms with Gasteiger partial charge in [-0.2, -0.15) is 0 Å². The van der Waals surface area contributed by atoms with Crippen LogP contribution in [0.3, 0.4) is 0 Å². The molecule has 0 atom stereocenters. The Morgan fingerprint density at radius 1 is 1.31 bits per heavy atom. The van der Waals surface area contributed by atoms with Crippen molar-refractivity contribution in [2.75, 3.05) is 21.3 Å². The highest BCUT2D eigenvalue weighted by atomic mass is 16.5. The molecule has 0 aromatic rings. The summed E-state index contributed by atoms with van der Waals surface area (Å²) in [5.74, 6) is 3.91. The Labute approximate surface area is 75.9 Å². The van der Waals surface area contributed by atoms with Crippen molar-refractivity contribution >= 4 is 11.9 Å². The van der Waals surface area contributed by atoms with Crippen LogP contribution in [0.25, 0.3) is 0 Å². The summed E-state index contributed by atoms with van der Waals surface area (Å²) in [6.45, 7) is 0. The molecule has 74 valence electrons. The van der Waals surface area contributed by atoms with Crippen LogP contribution in [0.4, 0.5) is 0 Å². The van der Waals surface area contributed by atoms with Gasteiger partial charge in [0, 0.05) is 7.05 Å². The van der Waals surface area contributed by atoms with E-state index in [2.05, 4.69) is 9.47 Å². The first-order valence-corrected chi connectivity index (χ1v) is 3.39. The monoisotopic (exact) mass is 188 g/mol. The number of carbonyl (C=O) groups excluding carboxylic acids is 2. The van der Waals surface area contributed by atoms with Gasteiger partial charge in [-0.25, -0.2) is 15.4 Å². The summed E-state index contributed by atoms with van der Waals surface area (Å²) in [6, 6.07) is 0. The van der Waals surface area contributed by atoms with Gasteiger partial charge in [0.2, 0.25) is 0 Å². The first-order valence-electron chi connectivity index (χ1n) is 3.39. The van der Waals surface area contributed by atoms with Gasteiger partial charge in [0.25, 0.3) is 0 Å². The average molecular weight is 188 g/mol. The van der Waals surface area contributed by atoms with E-state index in [1.807, 2.05) is 0 Å². The van der Waals surface area contributed by atoms with Gasteiger partial charge in [0.1, 0.15) is 5.70 Å².